The van der Waals surface area contributed by atoms with Gasteiger partial charge in [-0.2, -0.15) is 0 Å². The van der Waals surface area contributed by atoms with E-state index in [9.17, 15) is 4.79 Å². The molecular formula is C14H17N3O. The smallest absolute Gasteiger partial charge is 0.185 e. The zero-order valence-electron chi connectivity index (χ0n) is 10.5. The molecule has 2 aromatic heterocycles. The van der Waals surface area contributed by atoms with E-state index in [0.29, 0.717) is 5.69 Å². The van der Waals surface area contributed by atoms with E-state index in [1.165, 1.54) is 6.33 Å². The van der Waals surface area contributed by atoms with Crippen molar-refractivity contribution in [3.63, 3.8) is 0 Å². The summed E-state index contributed by atoms with van der Waals surface area (Å²) in [4.78, 5) is 23.9. The van der Waals surface area contributed by atoms with Gasteiger partial charge in [0.15, 0.2) is 5.78 Å². The van der Waals surface area contributed by atoms with Crippen LogP contribution in [-0.4, -0.2) is 20.7 Å². The van der Waals surface area contributed by atoms with Crippen molar-refractivity contribution in [1.82, 2.24) is 15.0 Å². The van der Waals surface area contributed by atoms with Crippen molar-refractivity contribution in [2.45, 2.75) is 32.6 Å². The van der Waals surface area contributed by atoms with E-state index in [-0.39, 0.29) is 11.7 Å². The van der Waals surface area contributed by atoms with Crippen LogP contribution in [0.5, 0.6) is 0 Å². The number of aromatic nitrogens is 3. The van der Waals surface area contributed by atoms with E-state index in [0.717, 1.165) is 42.6 Å². The van der Waals surface area contributed by atoms with Gasteiger partial charge in [0.05, 0.1) is 0 Å². The molecule has 0 amide bonds. The van der Waals surface area contributed by atoms with Gasteiger partial charge in [-0.15, -0.1) is 0 Å². The van der Waals surface area contributed by atoms with Crippen molar-refractivity contribution in [3.8, 4) is 0 Å². The highest BCUT2D eigenvalue weighted by molar-refractivity contribution is 6.05. The summed E-state index contributed by atoms with van der Waals surface area (Å²) in [5.41, 5.74) is 1.33. The maximum absolute atomic E-state index is 12.5. The quantitative estimate of drug-likeness (QED) is 0.825. The van der Waals surface area contributed by atoms with E-state index in [1.807, 2.05) is 6.07 Å². The third kappa shape index (κ3) is 1.92. The van der Waals surface area contributed by atoms with Crippen LogP contribution in [0, 0.1) is 11.8 Å². The molecule has 18 heavy (non-hydrogen) atoms. The van der Waals surface area contributed by atoms with Crippen molar-refractivity contribution >= 4 is 16.8 Å². The van der Waals surface area contributed by atoms with Crippen LogP contribution >= 0.6 is 0 Å². The number of aromatic amines is 1. The molecule has 2 heterocycles. The van der Waals surface area contributed by atoms with Gasteiger partial charge >= 0.3 is 0 Å². The van der Waals surface area contributed by atoms with Gasteiger partial charge < -0.3 is 4.98 Å². The van der Waals surface area contributed by atoms with E-state index in [4.69, 9.17) is 0 Å². The topological polar surface area (TPSA) is 58.6 Å². The normalized spacial score (nSPS) is 24.3. The first-order chi connectivity index (χ1) is 8.75. The third-order valence-corrected chi connectivity index (χ3v) is 3.97. The summed E-state index contributed by atoms with van der Waals surface area (Å²) in [5, 5.41) is 0.848. The second-order valence-corrected chi connectivity index (χ2v) is 5.28. The number of fused-ring (bicyclic) bond motifs is 1. The van der Waals surface area contributed by atoms with E-state index >= 15 is 0 Å². The maximum Gasteiger partial charge on any atom is 0.185 e. The molecule has 1 aliphatic rings. The third-order valence-electron chi connectivity index (χ3n) is 3.97. The number of ketones is 1. The molecule has 0 aliphatic heterocycles. The number of carbonyl (C=O) groups is 1. The number of carbonyl (C=O) groups excluding carboxylic acids is 1. The zero-order valence-corrected chi connectivity index (χ0v) is 10.5. The standard InChI is InChI=1S/C14H17N3O/c1-9-2-4-10(5-3-9)13(18)12-11-6-7-15-14(11)17-8-16-12/h6-10H,2-5H2,1H3,(H,15,16,17)/t9-,10-. The lowest BCUT2D eigenvalue weighted by molar-refractivity contribution is 0.0872. The summed E-state index contributed by atoms with van der Waals surface area (Å²) >= 11 is 0. The van der Waals surface area contributed by atoms with Crippen LogP contribution in [0.25, 0.3) is 11.0 Å². The maximum atomic E-state index is 12.5. The van der Waals surface area contributed by atoms with E-state index in [1.54, 1.807) is 6.20 Å². The van der Waals surface area contributed by atoms with Gasteiger partial charge in [-0.25, -0.2) is 9.97 Å². The van der Waals surface area contributed by atoms with Gasteiger partial charge in [-0.3, -0.25) is 4.79 Å². The average molecular weight is 243 g/mol. The molecule has 1 fully saturated rings. The van der Waals surface area contributed by atoms with Gasteiger partial charge in [0, 0.05) is 17.5 Å². The Labute approximate surface area is 106 Å². The van der Waals surface area contributed by atoms with Gasteiger partial charge in [-0.05, 0) is 24.8 Å². The van der Waals surface area contributed by atoms with Crippen molar-refractivity contribution in [2.24, 2.45) is 11.8 Å². The van der Waals surface area contributed by atoms with Gasteiger partial charge in [0.2, 0.25) is 0 Å². The van der Waals surface area contributed by atoms with Crippen LogP contribution in [0.4, 0.5) is 0 Å². The SMILES string of the molecule is C[C@H]1CC[C@H](C(=O)c2ncnc3[nH]ccc23)CC1. The van der Waals surface area contributed by atoms with Crippen molar-refractivity contribution < 1.29 is 4.79 Å². The minimum Gasteiger partial charge on any atom is -0.346 e. The first-order valence-corrected chi connectivity index (χ1v) is 6.58. The highest BCUT2D eigenvalue weighted by Gasteiger charge is 2.27. The fraction of sp³-hybridized carbons (Fsp3) is 0.500. The molecule has 0 saturated heterocycles. The van der Waals surface area contributed by atoms with Gasteiger partial charge in [0.25, 0.3) is 0 Å². The Hall–Kier alpha value is -1.71. The molecule has 94 valence electrons. The summed E-state index contributed by atoms with van der Waals surface area (Å²) in [6.45, 7) is 2.26. The second kappa shape index (κ2) is 4.52. The Morgan fingerprint density at radius 2 is 2.06 bits per heavy atom. The minimum atomic E-state index is 0.147. The van der Waals surface area contributed by atoms with Gasteiger partial charge in [-0.1, -0.05) is 19.8 Å². The number of Topliss-reactive ketones (excluding diaryl/α,β-unsaturated/α-hetero) is 1. The van der Waals surface area contributed by atoms with Crippen LogP contribution in [0.15, 0.2) is 18.6 Å². The number of nitrogens with one attached hydrogen (secondary N) is 1. The summed E-state index contributed by atoms with van der Waals surface area (Å²) in [7, 11) is 0. The fourth-order valence-electron chi connectivity index (χ4n) is 2.78. The van der Waals surface area contributed by atoms with Gasteiger partial charge in [0.1, 0.15) is 17.7 Å². The Bertz CT molecular complexity index is 567. The molecule has 4 nitrogen and oxygen atoms in total. The zero-order chi connectivity index (χ0) is 12.5. The predicted molar refractivity (Wildman–Crippen MR) is 69.3 cm³/mol. The first kappa shape index (κ1) is 11.4. The first-order valence-electron chi connectivity index (χ1n) is 6.58. The van der Waals surface area contributed by atoms with Crippen LogP contribution < -0.4 is 0 Å². The molecule has 1 N–H and O–H groups in total. The highest BCUT2D eigenvalue weighted by Crippen LogP contribution is 2.31. The van der Waals surface area contributed by atoms with Crippen molar-refractivity contribution in [1.29, 1.82) is 0 Å². The Morgan fingerprint density at radius 1 is 1.28 bits per heavy atom. The van der Waals surface area contributed by atoms with Crippen molar-refractivity contribution in [3.05, 3.63) is 24.3 Å². The average Bonchev–Trinajstić information content (AvgIpc) is 2.87. The molecule has 0 unspecified atom stereocenters. The second-order valence-electron chi connectivity index (χ2n) is 5.28. The summed E-state index contributed by atoms with van der Waals surface area (Å²) < 4.78 is 0. The fourth-order valence-corrected chi connectivity index (χ4v) is 2.78. The summed E-state index contributed by atoms with van der Waals surface area (Å²) in [5.74, 6) is 1.09. The minimum absolute atomic E-state index is 0.147. The molecule has 4 heteroatoms. The number of nitrogens with zero attached hydrogens (tertiary/aromatic N) is 2. The molecule has 3 rings (SSSR count). The van der Waals surface area contributed by atoms with Crippen molar-refractivity contribution in [2.75, 3.05) is 0 Å². The largest absolute Gasteiger partial charge is 0.346 e. The molecule has 1 saturated carbocycles. The molecule has 1 aliphatic carbocycles. The van der Waals surface area contributed by atoms with Crippen LogP contribution in [0.2, 0.25) is 0 Å². The number of rotatable bonds is 2. The molecule has 0 bridgehead atoms. The molecule has 0 spiro atoms. The lowest BCUT2D eigenvalue weighted by atomic mass is 9.80. The molecule has 2 aromatic rings. The highest BCUT2D eigenvalue weighted by atomic mass is 16.1. The van der Waals surface area contributed by atoms with Crippen LogP contribution in [0.3, 0.4) is 0 Å². The van der Waals surface area contributed by atoms with E-state index in [2.05, 4.69) is 21.9 Å². The monoisotopic (exact) mass is 243 g/mol. The molecular weight excluding hydrogens is 226 g/mol. The predicted octanol–water partition coefficient (Wildman–Crippen LogP) is 2.97. The van der Waals surface area contributed by atoms with E-state index < -0.39 is 0 Å². The number of hydrogen-bond donors (Lipinski definition) is 1. The number of H-pyrrole nitrogens is 1. The molecule has 0 radical (unpaired) electrons. The Balaban J connectivity index is 1.90. The summed E-state index contributed by atoms with van der Waals surface area (Å²) in [6.07, 6.45) is 7.57. The summed E-state index contributed by atoms with van der Waals surface area (Å²) in [6, 6.07) is 1.88. The Morgan fingerprint density at radius 3 is 2.83 bits per heavy atom. The lowest BCUT2D eigenvalue weighted by Gasteiger charge is -2.24. The lowest BCUT2D eigenvalue weighted by Crippen LogP contribution is -2.22. The number of hydrogen-bond acceptors (Lipinski definition) is 3. The molecule has 0 aromatic carbocycles. The molecule has 0 atom stereocenters. The van der Waals surface area contributed by atoms with Crippen LogP contribution in [0.1, 0.15) is 43.1 Å². The Kier molecular flexibility index (Phi) is 2.86. The van der Waals surface area contributed by atoms with Crippen LogP contribution in [-0.2, 0) is 0 Å².